The number of fused-ring (bicyclic) bond motifs is 1. The second-order valence-corrected chi connectivity index (χ2v) is 16.2. The van der Waals surface area contributed by atoms with Crippen LogP contribution in [0.25, 0.3) is 22.0 Å². The highest BCUT2D eigenvalue weighted by Gasteiger charge is 2.56. The summed E-state index contributed by atoms with van der Waals surface area (Å²) in [7, 11) is 0. The molecule has 2 aliphatic carbocycles. The van der Waals surface area contributed by atoms with Gasteiger partial charge in [-0.1, -0.05) is 23.2 Å². The average Bonchev–Trinajstić information content (AvgIpc) is 3.52. The number of ether oxygens (including phenoxy) is 2. The number of carbonyl (C=O) groups is 1. The summed E-state index contributed by atoms with van der Waals surface area (Å²) < 4.78 is 16.0. The third kappa shape index (κ3) is 4.92. The molecular formula is C34H45Cl2N7O3. The lowest BCUT2D eigenvalue weighted by Gasteiger charge is -2.58. The van der Waals surface area contributed by atoms with E-state index in [1.165, 1.54) is 6.42 Å². The Labute approximate surface area is 280 Å². The molecule has 10 nitrogen and oxygen atoms in total. The Bertz CT molecular complexity index is 1670. The third-order valence-corrected chi connectivity index (χ3v) is 11.9. The molecule has 5 aliphatic rings. The molecule has 2 spiro atoms. The Morgan fingerprint density at radius 2 is 1.89 bits per heavy atom. The van der Waals surface area contributed by atoms with Crippen molar-refractivity contribution in [1.82, 2.24) is 29.8 Å². The van der Waals surface area contributed by atoms with E-state index in [1.807, 2.05) is 42.6 Å². The Morgan fingerprint density at radius 1 is 1.11 bits per heavy atom. The fourth-order valence-corrected chi connectivity index (χ4v) is 9.11. The monoisotopic (exact) mass is 669 g/mol. The number of likely N-dealkylation sites (tertiary alicyclic amines) is 1. The first-order valence-electron chi connectivity index (χ1n) is 17.0. The molecular weight excluding hydrogens is 625 g/mol. The Kier molecular flexibility index (Phi) is 7.36. The van der Waals surface area contributed by atoms with Crippen LogP contribution in [0.4, 0.5) is 10.6 Å². The number of aromatic nitrogens is 4. The first-order chi connectivity index (χ1) is 22.0. The highest BCUT2D eigenvalue weighted by atomic mass is 35.5. The van der Waals surface area contributed by atoms with E-state index in [0.717, 1.165) is 118 Å². The number of rotatable bonds is 4. The van der Waals surface area contributed by atoms with E-state index >= 15 is 0 Å². The van der Waals surface area contributed by atoms with Gasteiger partial charge >= 0.3 is 6.09 Å². The first-order valence-corrected chi connectivity index (χ1v) is 17.8. The number of benzene rings is 1. The van der Waals surface area contributed by atoms with E-state index in [2.05, 4.69) is 21.8 Å². The number of nitrogens with one attached hydrogen (secondary N) is 1. The SMILES string of the molecule is Cc1c(-c2c(Cl)c(Cl)cc3c2cnn3C2CCCCO2)c(N2CCNCC23CCC3)nn1C1CC2(C1)CN(C(=O)OC(C)(C)C)C2. The lowest BCUT2D eigenvalue weighted by Crippen LogP contribution is -2.65. The zero-order chi connectivity index (χ0) is 32.0. The van der Waals surface area contributed by atoms with Gasteiger partial charge < -0.3 is 24.6 Å². The van der Waals surface area contributed by atoms with Crippen LogP contribution in [0.2, 0.25) is 10.0 Å². The second kappa shape index (κ2) is 11.0. The Morgan fingerprint density at radius 3 is 2.57 bits per heavy atom. The van der Waals surface area contributed by atoms with Crippen LogP contribution in [0.5, 0.6) is 0 Å². The van der Waals surface area contributed by atoms with Gasteiger partial charge in [-0.05, 0) is 85.1 Å². The first kappa shape index (κ1) is 30.8. The molecule has 5 heterocycles. The van der Waals surface area contributed by atoms with Gasteiger partial charge in [0.1, 0.15) is 5.60 Å². The molecule has 0 bridgehead atoms. The zero-order valence-electron chi connectivity index (χ0n) is 27.4. The number of amides is 1. The van der Waals surface area contributed by atoms with Crippen molar-refractivity contribution in [3.05, 3.63) is 28.0 Å². The minimum Gasteiger partial charge on any atom is -0.444 e. The fourth-order valence-electron chi connectivity index (χ4n) is 8.66. The molecule has 46 heavy (non-hydrogen) atoms. The number of hydrogen-bond donors (Lipinski definition) is 1. The summed E-state index contributed by atoms with van der Waals surface area (Å²) in [6.07, 6.45) is 10.2. The summed E-state index contributed by atoms with van der Waals surface area (Å²) >= 11 is 14.1. The summed E-state index contributed by atoms with van der Waals surface area (Å²) in [5, 5.41) is 16.0. The predicted molar refractivity (Wildman–Crippen MR) is 180 cm³/mol. The summed E-state index contributed by atoms with van der Waals surface area (Å²) in [6.45, 7) is 12.9. The summed E-state index contributed by atoms with van der Waals surface area (Å²) in [5.74, 6) is 0.996. The zero-order valence-corrected chi connectivity index (χ0v) is 28.9. The highest BCUT2D eigenvalue weighted by Crippen LogP contribution is 2.56. The van der Waals surface area contributed by atoms with E-state index in [9.17, 15) is 4.79 Å². The molecule has 1 amide bonds. The van der Waals surface area contributed by atoms with E-state index < -0.39 is 5.60 Å². The predicted octanol–water partition coefficient (Wildman–Crippen LogP) is 7.12. The Hall–Kier alpha value is -2.53. The van der Waals surface area contributed by atoms with E-state index in [4.69, 9.17) is 42.9 Å². The maximum atomic E-state index is 12.7. The molecule has 3 aromatic rings. The topological polar surface area (TPSA) is 89.7 Å². The van der Waals surface area contributed by atoms with Crippen molar-refractivity contribution in [2.24, 2.45) is 5.41 Å². The van der Waals surface area contributed by atoms with Crippen molar-refractivity contribution in [1.29, 1.82) is 0 Å². The van der Waals surface area contributed by atoms with Gasteiger partial charge in [0.15, 0.2) is 12.0 Å². The van der Waals surface area contributed by atoms with Gasteiger partial charge in [-0.25, -0.2) is 9.48 Å². The quantitative estimate of drug-likeness (QED) is 0.316. The number of piperazine rings is 1. The van der Waals surface area contributed by atoms with E-state index in [-0.39, 0.29) is 29.3 Å². The van der Waals surface area contributed by atoms with Crippen LogP contribution in [-0.2, 0) is 9.47 Å². The average molecular weight is 671 g/mol. The van der Waals surface area contributed by atoms with Crippen molar-refractivity contribution in [2.45, 2.75) is 102 Å². The van der Waals surface area contributed by atoms with Crippen LogP contribution in [0.15, 0.2) is 12.3 Å². The minimum absolute atomic E-state index is 0.0611. The van der Waals surface area contributed by atoms with Gasteiger partial charge in [0.2, 0.25) is 0 Å². The van der Waals surface area contributed by atoms with Crippen LogP contribution in [-0.4, -0.2) is 81.0 Å². The van der Waals surface area contributed by atoms with Gasteiger partial charge in [-0.2, -0.15) is 10.2 Å². The third-order valence-electron chi connectivity index (χ3n) is 11.1. The number of nitrogens with zero attached hydrogens (tertiary/aromatic N) is 6. The van der Waals surface area contributed by atoms with Crippen molar-refractivity contribution in [2.75, 3.05) is 44.2 Å². The van der Waals surface area contributed by atoms with Crippen molar-refractivity contribution >= 4 is 46.0 Å². The van der Waals surface area contributed by atoms with Gasteiger partial charge in [-0.3, -0.25) is 4.68 Å². The number of halogens is 2. The van der Waals surface area contributed by atoms with Gasteiger partial charge in [0.05, 0.1) is 33.3 Å². The van der Waals surface area contributed by atoms with Gasteiger partial charge in [0, 0.05) is 67.0 Å². The fraction of sp³-hybridized carbons (Fsp3) is 0.676. The number of carbonyl (C=O) groups excluding carboxylic acids is 1. The molecule has 12 heteroatoms. The lowest BCUT2D eigenvalue weighted by atomic mass is 9.61. The van der Waals surface area contributed by atoms with Crippen molar-refractivity contribution in [3.63, 3.8) is 0 Å². The molecule has 1 aromatic carbocycles. The lowest BCUT2D eigenvalue weighted by molar-refractivity contribution is -0.0930. The van der Waals surface area contributed by atoms with Gasteiger partial charge in [0.25, 0.3) is 0 Å². The van der Waals surface area contributed by atoms with Crippen LogP contribution >= 0.6 is 23.2 Å². The molecule has 2 aromatic heterocycles. The molecule has 5 fully saturated rings. The maximum absolute atomic E-state index is 12.7. The van der Waals surface area contributed by atoms with Crippen LogP contribution in [0.3, 0.4) is 0 Å². The molecule has 1 N–H and O–H groups in total. The number of hydrogen-bond acceptors (Lipinski definition) is 7. The van der Waals surface area contributed by atoms with E-state index in [0.29, 0.717) is 10.0 Å². The van der Waals surface area contributed by atoms with Crippen LogP contribution in [0.1, 0.15) is 90.1 Å². The standard InChI is InChI=1S/C34H45Cl2N7O3/c1-21-27(28-23-17-38-43(26-8-5-6-13-45-26)25(23)14-24(35)29(28)36)30(41-12-11-37-18-34(41)9-7-10-34)39-42(21)22-15-33(16-22)19-40(20-33)31(44)46-32(2,3)4/h14,17,22,26,37H,5-13,15-16,18-20H2,1-4H3. The molecule has 0 radical (unpaired) electrons. The molecule has 2 saturated carbocycles. The molecule has 8 rings (SSSR count). The van der Waals surface area contributed by atoms with E-state index in [1.54, 1.807) is 0 Å². The largest absolute Gasteiger partial charge is 0.444 e. The smallest absolute Gasteiger partial charge is 0.410 e. The van der Waals surface area contributed by atoms with Crippen molar-refractivity contribution in [3.8, 4) is 11.1 Å². The number of anilines is 1. The molecule has 3 aliphatic heterocycles. The molecule has 1 atom stereocenters. The summed E-state index contributed by atoms with van der Waals surface area (Å²) in [5.41, 5.74) is 3.70. The molecule has 1 unspecified atom stereocenters. The second-order valence-electron chi connectivity index (χ2n) is 15.4. The van der Waals surface area contributed by atoms with Crippen LogP contribution in [0, 0.1) is 12.3 Å². The van der Waals surface area contributed by atoms with Gasteiger partial charge in [-0.15, -0.1) is 0 Å². The normalized spacial score (nSPS) is 24.3. The highest BCUT2D eigenvalue weighted by molar-refractivity contribution is 6.45. The maximum Gasteiger partial charge on any atom is 0.410 e. The molecule has 3 saturated heterocycles. The summed E-state index contributed by atoms with van der Waals surface area (Å²) in [6, 6.07) is 2.19. The van der Waals surface area contributed by atoms with Crippen LogP contribution < -0.4 is 10.2 Å². The minimum atomic E-state index is -0.490. The molecule has 248 valence electrons. The summed E-state index contributed by atoms with van der Waals surface area (Å²) in [4.78, 5) is 17.1. The van der Waals surface area contributed by atoms with Crippen molar-refractivity contribution < 1.29 is 14.3 Å². The Balaban J connectivity index is 1.18.